The van der Waals surface area contributed by atoms with Crippen molar-refractivity contribution in [3.05, 3.63) is 65.7 Å². The number of carbonyl (C=O) groups is 1. The molecular weight excluding hydrogens is 324 g/mol. The molecule has 0 fully saturated rings. The van der Waals surface area contributed by atoms with Gasteiger partial charge in [-0.3, -0.25) is 0 Å². The number of carboxylic acids is 1. The molecule has 0 unspecified atom stereocenters. The predicted molar refractivity (Wildman–Crippen MR) is 90.2 cm³/mol. The lowest BCUT2D eigenvalue weighted by atomic mass is 10.2. The molecule has 7 heteroatoms. The zero-order valence-electron chi connectivity index (χ0n) is 12.5. The predicted octanol–water partition coefficient (Wildman–Crippen LogP) is 2.50. The van der Waals surface area contributed by atoms with Crippen molar-refractivity contribution < 1.29 is 9.90 Å². The van der Waals surface area contributed by atoms with E-state index in [0.717, 1.165) is 5.56 Å². The van der Waals surface area contributed by atoms with Gasteiger partial charge in [-0.15, -0.1) is 5.10 Å². The van der Waals surface area contributed by atoms with Crippen molar-refractivity contribution in [2.24, 2.45) is 0 Å². The van der Waals surface area contributed by atoms with Crippen LogP contribution >= 0.6 is 11.8 Å². The highest BCUT2D eigenvalue weighted by molar-refractivity contribution is 7.99. The number of carboxylic acid groups (broad SMARTS) is 1. The Morgan fingerprint density at radius 3 is 2.58 bits per heavy atom. The number of benzene rings is 2. The van der Waals surface area contributed by atoms with Crippen molar-refractivity contribution in [3.8, 4) is 17.5 Å². The molecule has 1 heterocycles. The Hall–Kier alpha value is -3.11. The molecule has 1 N–H and O–H groups in total. The Balaban J connectivity index is 1.69. The molecule has 0 radical (unpaired) electrons. The van der Waals surface area contributed by atoms with Crippen LogP contribution in [0.4, 0.5) is 0 Å². The van der Waals surface area contributed by atoms with Gasteiger partial charge < -0.3 is 5.11 Å². The maximum Gasteiger partial charge on any atom is 0.335 e. The first-order valence-electron chi connectivity index (χ1n) is 7.03. The number of hydrogen-bond donors (Lipinski definition) is 1. The average Bonchev–Trinajstić information content (AvgIpc) is 3.08. The normalized spacial score (nSPS) is 10.0. The second-order valence-electron chi connectivity index (χ2n) is 4.68. The fourth-order valence-corrected chi connectivity index (χ4v) is 2.57. The molecule has 3 rings (SSSR count). The summed E-state index contributed by atoms with van der Waals surface area (Å²) in [4.78, 5) is 10.9. The standard InChI is InChI=1S/C17H12N4O2S/c22-16(23)14-8-10-15(11-9-14)21-17(18-19-20-21)24-12-4-7-13-5-2-1-3-6-13/h1-3,5-6,8-11H,12H2,(H,22,23). The van der Waals surface area contributed by atoms with Gasteiger partial charge in [0, 0.05) is 5.56 Å². The minimum absolute atomic E-state index is 0.217. The number of rotatable bonds is 4. The molecular formula is C17H12N4O2S. The van der Waals surface area contributed by atoms with E-state index in [1.54, 1.807) is 16.8 Å². The van der Waals surface area contributed by atoms with Gasteiger partial charge in [-0.25, -0.2) is 4.79 Å². The molecule has 0 aliphatic carbocycles. The first kappa shape index (κ1) is 15.8. The van der Waals surface area contributed by atoms with Crippen molar-refractivity contribution in [1.82, 2.24) is 20.2 Å². The van der Waals surface area contributed by atoms with Crippen molar-refractivity contribution in [2.75, 3.05) is 5.75 Å². The van der Waals surface area contributed by atoms with Crippen molar-refractivity contribution in [3.63, 3.8) is 0 Å². The van der Waals surface area contributed by atoms with Gasteiger partial charge >= 0.3 is 5.97 Å². The molecule has 24 heavy (non-hydrogen) atoms. The number of nitrogens with zero attached hydrogens (tertiary/aromatic N) is 4. The highest BCUT2D eigenvalue weighted by atomic mass is 32.2. The van der Waals surface area contributed by atoms with E-state index in [0.29, 0.717) is 16.6 Å². The molecule has 0 atom stereocenters. The monoisotopic (exact) mass is 336 g/mol. The molecule has 0 saturated carbocycles. The van der Waals surface area contributed by atoms with E-state index in [4.69, 9.17) is 5.11 Å². The fourth-order valence-electron chi connectivity index (χ4n) is 1.94. The van der Waals surface area contributed by atoms with Gasteiger partial charge in [0.25, 0.3) is 0 Å². The summed E-state index contributed by atoms with van der Waals surface area (Å²) in [6.07, 6.45) is 0. The van der Waals surface area contributed by atoms with Gasteiger partial charge in [-0.1, -0.05) is 41.8 Å². The number of thioether (sulfide) groups is 1. The highest BCUT2D eigenvalue weighted by Gasteiger charge is 2.09. The van der Waals surface area contributed by atoms with E-state index in [1.165, 1.54) is 23.9 Å². The van der Waals surface area contributed by atoms with Gasteiger partial charge in [0.05, 0.1) is 17.0 Å². The molecule has 0 aliphatic heterocycles. The third-order valence-electron chi connectivity index (χ3n) is 3.08. The number of tetrazole rings is 1. The molecule has 1 aromatic heterocycles. The van der Waals surface area contributed by atoms with Gasteiger partial charge in [0.2, 0.25) is 5.16 Å². The smallest absolute Gasteiger partial charge is 0.335 e. The fraction of sp³-hybridized carbons (Fsp3) is 0.0588. The lowest BCUT2D eigenvalue weighted by Gasteiger charge is -2.03. The highest BCUT2D eigenvalue weighted by Crippen LogP contribution is 2.18. The summed E-state index contributed by atoms with van der Waals surface area (Å²) >= 11 is 1.42. The van der Waals surface area contributed by atoms with E-state index in [9.17, 15) is 4.79 Å². The SMILES string of the molecule is O=C(O)c1ccc(-n2nnnc2SCC#Cc2ccccc2)cc1. The van der Waals surface area contributed by atoms with Gasteiger partial charge in [-0.2, -0.15) is 4.68 Å². The molecule has 0 amide bonds. The van der Waals surface area contributed by atoms with Crippen molar-refractivity contribution >= 4 is 17.7 Å². The van der Waals surface area contributed by atoms with Crippen LogP contribution in [0, 0.1) is 11.8 Å². The average molecular weight is 336 g/mol. The Morgan fingerprint density at radius 1 is 1.12 bits per heavy atom. The largest absolute Gasteiger partial charge is 0.478 e. The third kappa shape index (κ3) is 3.80. The second-order valence-corrected chi connectivity index (χ2v) is 5.62. The van der Waals surface area contributed by atoms with Gasteiger partial charge in [0.15, 0.2) is 0 Å². The van der Waals surface area contributed by atoms with E-state index < -0.39 is 5.97 Å². The molecule has 0 aliphatic rings. The maximum absolute atomic E-state index is 10.9. The Kier molecular flexibility index (Phi) is 4.89. The van der Waals surface area contributed by atoms with Crippen LogP contribution in [0.5, 0.6) is 0 Å². The summed E-state index contributed by atoms with van der Waals surface area (Å²) in [5.74, 6) is 5.72. The van der Waals surface area contributed by atoms with E-state index in [1.807, 2.05) is 30.3 Å². The molecule has 0 spiro atoms. The lowest BCUT2D eigenvalue weighted by Crippen LogP contribution is -2.01. The van der Waals surface area contributed by atoms with Crippen molar-refractivity contribution in [1.29, 1.82) is 0 Å². The summed E-state index contributed by atoms with van der Waals surface area (Å²) in [5.41, 5.74) is 1.88. The first-order chi connectivity index (χ1) is 11.7. The van der Waals surface area contributed by atoms with E-state index in [2.05, 4.69) is 27.4 Å². The number of hydrogen-bond acceptors (Lipinski definition) is 5. The quantitative estimate of drug-likeness (QED) is 0.582. The lowest BCUT2D eigenvalue weighted by molar-refractivity contribution is 0.0697. The zero-order valence-corrected chi connectivity index (χ0v) is 13.3. The van der Waals surface area contributed by atoms with Gasteiger partial charge in [-0.05, 0) is 46.8 Å². The van der Waals surface area contributed by atoms with Crippen LogP contribution in [0.15, 0.2) is 59.8 Å². The minimum atomic E-state index is -0.968. The van der Waals surface area contributed by atoms with Crippen LogP contribution in [-0.2, 0) is 0 Å². The van der Waals surface area contributed by atoms with Crippen LogP contribution in [-0.4, -0.2) is 37.0 Å². The van der Waals surface area contributed by atoms with Crippen LogP contribution in [0.1, 0.15) is 15.9 Å². The van der Waals surface area contributed by atoms with Crippen LogP contribution in [0.25, 0.3) is 5.69 Å². The molecule has 0 bridgehead atoms. The molecule has 2 aromatic carbocycles. The maximum atomic E-state index is 10.9. The third-order valence-corrected chi connectivity index (χ3v) is 3.88. The summed E-state index contributed by atoms with van der Waals surface area (Å²) in [6, 6.07) is 16.1. The van der Waals surface area contributed by atoms with Crippen LogP contribution < -0.4 is 0 Å². The number of aromatic carboxylic acids is 1. The summed E-state index contributed by atoms with van der Waals surface area (Å²) in [5, 5.41) is 21.1. The van der Waals surface area contributed by atoms with E-state index in [-0.39, 0.29) is 5.56 Å². The Morgan fingerprint density at radius 2 is 1.88 bits per heavy atom. The molecule has 6 nitrogen and oxygen atoms in total. The van der Waals surface area contributed by atoms with Crippen LogP contribution in [0.2, 0.25) is 0 Å². The molecule has 118 valence electrons. The Labute approximate surface area is 142 Å². The van der Waals surface area contributed by atoms with Crippen molar-refractivity contribution in [2.45, 2.75) is 5.16 Å². The zero-order chi connectivity index (χ0) is 16.8. The van der Waals surface area contributed by atoms with E-state index >= 15 is 0 Å². The summed E-state index contributed by atoms with van der Waals surface area (Å²) in [7, 11) is 0. The summed E-state index contributed by atoms with van der Waals surface area (Å²) < 4.78 is 1.56. The molecule has 0 saturated heterocycles. The molecule has 3 aromatic rings. The topological polar surface area (TPSA) is 80.9 Å². The number of aromatic nitrogens is 4. The summed E-state index contributed by atoms with van der Waals surface area (Å²) in [6.45, 7) is 0. The van der Waals surface area contributed by atoms with Crippen LogP contribution in [0.3, 0.4) is 0 Å². The second kappa shape index (κ2) is 7.44. The Bertz CT molecular complexity index is 896. The minimum Gasteiger partial charge on any atom is -0.478 e. The van der Waals surface area contributed by atoms with Gasteiger partial charge in [0.1, 0.15) is 0 Å². The first-order valence-corrected chi connectivity index (χ1v) is 8.01.